The number of rotatable bonds is 12. The Bertz CT molecular complexity index is 1330. The number of hydrogen-bond acceptors (Lipinski definition) is 7. The second-order valence-corrected chi connectivity index (χ2v) is 15.8. The fourth-order valence-corrected chi connectivity index (χ4v) is 10.7. The molecule has 4 saturated carbocycles. The number of hydrogen-bond donors (Lipinski definition) is 5. The van der Waals surface area contributed by atoms with Gasteiger partial charge in [-0.15, -0.1) is 0 Å². The summed E-state index contributed by atoms with van der Waals surface area (Å²) >= 11 is 0. The third-order valence-corrected chi connectivity index (χ3v) is 13.2. The van der Waals surface area contributed by atoms with Gasteiger partial charge in [-0.3, -0.25) is 9.59 Å². The van der Waals surface area contributed by atoms with Crippen molar-refractivity contribution in [2.24, 2.45) is 46.3 Å². The third-order valence-electron chi connectivity index (χ3n) is 13.2. The largest absolute Gasteiger partial charge is 0.480 e. The van der Waals surface area contributed by atoms with Gasteiger partial charge in [0.15, 0.2) is 0 Å². The Labute approximate surface area is 284 Å². The van der Waals surface area contributed by atoms with Gasteiger partial charge in [0.1, 0.15) is 6.04 Å². The lowest BCUT2D eigenvalue weighted by Gasteiger charge is -2.62. The zero-order valence-electron chi connectivity index (χ0n) is 29.1. The molecule has 1 aromatic rings. The maximum atomic E-state index is 13.0. The summed E-state index contributed by atoms with van der Waals surface area (Å²) in [6.45, 7) is 9.03. The van der Waals surface area contributed by atoms with Crippen LogP contribution in [0, 0.1) is 46.3 Å². The van der Waals surface area contributed by atoms with Crippen LogP contribution in [0.2, 0.25) is 0 Å². The molecule has 10 nitrogen and oxygen atoms in total. The summed E-state index contributed by atoms with van der Waals surface area (Å²) in [5, 5.41) is 37.0. The number of carbonyl (C=O) groups excluding carboxylic acids is 3. The Hall–Kier alpha value is -2.98. The minimum absolute atomic E-state index is 0.0463. The van der Waals surface area contributed by atoms with Gasteiger partial charge in [0, 0.05) is 18.5 Å². The van der Waals surface area contributed by atoms with E-state index in [2.05, 4.69) is 31.4 Å². The van der Waals surface area contributed by atoms with Gasteiger partial charge in [-0.05, 0) is 142 Å². The number of anilines is 1. The van der Waals surface area contributed by atoms with Gasteiger partial charge in [-0.2, -0.15) is 0 Å². The molecule has 0 saturated heterocycles. The molecule has 2 amide bonds. The van der Waals surface area contributed by atoms with Crippen LogP contribution in [0.4, 0.5) is 5.69 Å². The number of ether oxygens (including phenoxy) is 1. The maximum absolute atomic E-state index is 13.0. The standard InChI is InChI=1S/C38H56N2O8/c1-5-48-36(47)23-7-9-25(10-8-23)39-32(43)15-13-30(35(45)46)40-33(44)14-6-22(2)27-11-12-28-34-29(17-19-38(27,28)4)37(3)18-16-26(41)20-24(37)21-31(34)42/h7-10,22,24,26-31,34,41-42H,5-6,11-21H2,1-4H3,(H,39,43)(H,40,44)(H,45,46)/t22-,24+,26-,27-,28+,29+,30+,31-,34+,37+,38-/m1/s1. The second-order valence-electron chi connectivity index (χ2n) is 15.8. The number of carboxylic acid groups (broad SMARTS) is 1. The zero-order chi connectivity index (χ0) is 34.8. The molecule has 11 atom stereocenters. The van der Waals surface area contributed by atoms with Crippen LogP contribution in [0.3, 0.4) is 0 Å². The van der Waals surface area contributed by atoms with Crippen LogP contribution in [0.1, 0.15) is 115 Å². The SMILES string of the molecule is CCOC(=O)c1ccc(NC(=O)CC[C@H](NC(=O)CC[C@@H](C)[C@H]2CC[C@H]3[C@@H]4[C@H](O)C[C@@H]5C[C@H](O)CC[C@]5(C)[C@H]4CC[C@]23C)C(=O)O)cc1. The number of amides is 2. The number of nitrogens with one attached hydrogen (secondary N) is 2. The van der Waals surface area contributed by atoms with E-state index in [1.807, 2.05) is 0 Å². The monoisotopic (exact) mass is 668 g/mol. The minimum atomic E-state index is -1.18. The lowest BCUT2D eigenvalue weighted by Crippen LogP contribution is -2.58. The van der Waals surface area contributed by atoms with Crippen molar-refractivity contribution >= 4 is 29.4 Å². The van der Waals surface area contributed by atoms with Gasteiger partial charge >= 0.3 is 11.9 Å². The van der Waals surface area contributed by atoms with Crippen molar-refractivity contribution in [3.05, 3.63) is 29.8 Å². The molecule has 5 N–H and O–H groups in total. The van der Waals surface area contributed by atoms with Gasteiger partial charge in [0.25, 0.3) is 0 Å². The molecule has 0 aliphatic heterocycles. The molecule has 1 aromatic carbocycles. The third kappa shape index (κ3) is 7.44. The van der Waals surface area contributed by atoms with Crippen molar-refractivity contribution in [2.75, 3.05) is 11.9 Å². The first-order chi connectivity index (χ1) is 22.8. The molecule has 48 heavy (non-hydrogen) atoms. The number of fused-ring (bicyclic) bond motifs is 5. The van der Waals surface area contributed by atoms with E-state index in [0.29, 0.717) is 47.3 Å². The van der Waals surface area contributed by atoms with E-state index in [4.69, 9.17) is 4.74 Å². The number of carbonyl (C=O) groups is 4. The van der Waals surface area contributed by atoms with Gasteiger partial charge in [-0.1, -0.05) is 20.8 Å². The number of esters is 1. The van der Waals surface area contributed by atoms with Crippen LogP contribution in [0.15, 0.2) is 24.3 Å². The summed E-state index contributed by atoms with van der Waals surface area (Å²) in [5.74, 6) is -0.0104. The summed E-state index contributed by atoms with van der Waals surface area (Å²) < 4.78 is 4.96. The molecular weight excluding hydrogens is 612 g/mol. The van der Waals surface area contributed by atoms with Crippen molar-refractivity contribution in [1.82, 2.24) is 5.32 Å². The van der Waals surface area contributed by atoms with Crippen LogP contribution in [0.5, 0.6) is 0 Å². The van der Waals surface area contributed by atoms with Gasteiger partial charge in [-0.25, -0.2) is 9.59 Å². The normalized spacial score (nSPS) is 35.2. The van der Waals surface area contributed by atoms with E-state index in [0.717, 1.165) is 51.4 Å². The molecule has 0 aromatic heterocycles. The van der Waals surface area contributed by atoms with Crippen molar-refractivity contribution in [3.8, 4) is 0 Å². The number of aliphatic hydroxyl groups is 2. The van der Waals surface area contributed by atoms with Crippen molar-refractivity contribution < 1.29 is 39.2 Å². The zero-order valence-corrected chi connectivity index (χ0v) is 29.1. The van der Waals surface area contributed by atoms with Crippen LogP contribution < -0.4 is 10.6 Å². The van der Waals surface area contributed by atoms with Crippen molar-refractivity contribution in [2.45, 2.75) is 123 Å². The lowest BCUT2D eigenvalue weighted by molar-refractivity contribution is -0.174. The summed E-state index contributed by atoms with van der Waals surface area (Å²) in [6, 6.07) is 5.08. The van der Waals surface area contributed by atoms with Crippen molar-refractivity contribution in [3.63, 3.8) is 0 Å². The molecule has 0 spiro atoms. The number of aliphatic carboxylic acids is 1. The van der Waals surface area contributed by atoms with Crippen LogP contribution in [-0.2, 0) is 19.1 Å². The molecule has 0 unspecified atom stereocenters. The smallest absolute Gasteiger partial charge is 0.338 e. The predicted molar refractivity (Wildman–Crippen MR) is 181 cm³/mol. The minimum Gasteiger partial charge on any atom is -0.480 e. The molecular formula is C38H56N2O8. The fourth-order valence-electron chi connectivity index (χ4n) is 10.7. The van der Waals surface area contributed by atoms with Crippen LogP contribution in [0.25, 0.3) is 0 Å². The highest BCUT2D eigenvalue weighted by atomic mass is 16.5. The summed E-state index contributed by atoms with van der Waals surface area (Å²) in [6.07, 6.45) is 8.07. The highest BCUT2D eigenvalue weighted by molar-refractivity contribution is 5.93. The number of aliphatic hydroxyl groups excluding tert-OH is 2. The van der Waals surface area contributed by atoms with E-state index in [9.17, 15) is 34.5 Å². The predicted octanol–water partition coefficient (Wildman–Crippen LogP) is 5.56. The average molecular weight is 669 g/mol. The van der Waals surface area contributed by atoms with Crippen LogP contribution >= 0.6 is 0 Å². The summed E-state index contributed by atoms with van der Waals surface area (Å²) in [5.41, 5.74) is 1.12. The topological polar surface area (TPSA) is 162 Å². The molecule has 266 valence electrons. The van der Waals surface area contributed by atoms with E-state index < -0.39 is 18.0 Å². The lowest BCUT2D eigenvalue weighted by atomic mass is 9.43. The Balaban J connectivity index is 1.10. The van der Waals surface area contributed by atoms with Crippen molar-refractivity contribution in [1.29, 1.82) is 0 Å². The fraction of sp³-hybridized carbons (Fsp3) is 0.737. The molecule has 10 heteroatoms. The Morgan fingerprint density at radius 1 is 0.896 bits per heavy atom. The maximum Gasteiger partial charge on any atom is 0.338 e. The summed E-state index contributed by atoms with van der Waals surface area (Å²) in [4.78, 5) is 49.3. The van der Waals surface area contributed by atoms with E-state index in [1.54, 1.807) is 31.2 Å². The van der Waals surface area contributed by atoms with Gasteiger partial charge in [0.05, 0.1) is 24.4 Å². The average Bonchev–Trinajstić information content (AvgIpc) is 3.40. The molecule has 0 bridgehead atoms. The van der Waals surface area contributed by atoms with E-state index in [-0.39, 0.29) is 66.6 Å². The molecule has 5 rings (SSSR count). The Morgan fingerprint density at radius 2 is 1.56 bits per heavy atom. The molecule has 4 aliphatic carbocycles. The summed E-state index contributed by atoms with van der Waals surface area (Å²) in [7, 11) is 0. The quantitative estimate of drug-likeness (QED) is 0.181. The van der Waals surface area contributed by atoms with E-state index in [1.165, 1.54) is 0 Å². The number of carboxylic acids is 1. The van der Waals surface area contributed by atoms with Gasteiger partial charge in [0.2, 0.25) is 11.8 Å². The number of benzene rings is 1. The molecule has 0 heterocycles. The molecule has 4 fully saturated rings. The van der Waals surface area contributed by atoms with E-state index >= 15 is 0 Å². The highest BCUT2D eigenvalue weighted by Crippen LogP contribution is 2.68. The Kier molecular flexibility index (Phi) is 11.2. The van der Waals surface area contributed by atoms with Crippen LogP contribution in [-0.4, -0.2) is 63.9 Å². The molecule has 0 radical (unpaired) electrons. The Morgan fingerprint density at radius 3 is 2.25 bits per heavy atom. The first-order valence-corrected chi connectivity index (χ1v) is 18.2. The first-order valence-electron chi connectivity index (χ1n) is 18.2. The molecule has 4 aliphatic rings. The van der Waals surface area contributed by atoms with Gasteiger partial charge < -0.3 is 30.7 Å². The first kappa shape index (κ1) is 36.3. The second kappa shape index (κ2) is 14.9. The highest BCUT2D eigenvalue weighted by Gasteiger charge is 2.62.